The molecule has 1 N–H and O–H groups in total. The van der Waals surface area contributed by atoms with E-state index in [4.69, 9.17) is 0 Å². The van der Waals surface area contributed by atoms with Crippen molar-refractivity contribution in [1.29, 1.82) is 0 Å². The quantitative estimate of drug-likeness (QED) is 0.935. The van der Waals surface area contributed by atoms with E-state index < -0.39 is 0 Å². The van der Waals surface area contributed by atoms with Crippen LogP contribution in [0.3, 0.4) is 0 Å². The summed E-state index contributed by atoms with van der Waals surface area (Å²) in [5.41, 5.74) is 2.33. The molecule has 0 spiro atoms. The summed E-state index contributed by atoms with van der Waals surface area (Å²) in [6.07, 6.45) is 4.39. The number of hydrogen-bond acceptors (Lipinski definition) is 3. The van der Waals surface area contributed by atoms with Gasteiger partial charge in [-0.05, 0) is 41.3 Å². The Morgan fingerprint density at radius 1 is 1.42 bits per heavy atom. The van der Waals surface area contributed by atoms with E-state index in [1.807, 2.05) is 22.4 Å². The highest BCUT2D eigenvalue weighted by Crippen LogP contribution is 2.26. The second-order valence-corrected chi connectivity index (χ2v) is 5.76. The van der Waals surface area contributed by atoms with Gasteiger partial charge < -0.3 is 4.90 Å². The third kappa shape index (κ3) is 2.87. The molecule has 1 saturated heterocycles. The number of nitrogens with zero attached hydrogens (tertiary/aromatic N) is 2. The van der Waals surface area contributed by atoms with Crippen molar-refractivity contribution in [2.75, 3.05) is 13.1 Å². The van der Waals surface area contributed by atoms with E-state index in [2.05, 4.69) is 15.6 Å². The van der Waals surface area contributed by atoms with E-state index >= 15 is 0 Å². The molecular weight excluding hydrogens is 258 g/mol. The molecule has 5 heteroatoms. The van der Waals surface area contributed by atoms with Crippen LogP contribution in [-0.2, 0) is 11.2 Å². The zero-order valence-corrected chi connectivity index (χ0v) is 11.5. The number of piperidine rings is 1. The van der Waals surface area contributed by atoms with Crippen molar-refractivity contribution in [1.82, 2.24) is 15.1 Å². The molecular formula is C14H17N3OS. The van der Waals surface area contributed by atoms with Crippen LogP contribution in [0.1, 0.15) is 30.0 Å². The number of nitrogens with one attached hydrogen (secondary N) is 1. The highest BCUT2D eigenvalue weighted by molar-refractivity contribution is 7.07. The minimum atomic E-state index is 0.251. The van der Waals surface area contributed by atoms with E-state index in [0.717, 1.165) is 31.5 Å². The molecule has 0 aliphatic carbocycles. The molecule has 1 aliphatic rings. The van der Waals surface area contributed by atoms with Crippen LogP contribution in [0, 0.1) is 0 Å². The lowest BCUT2D eigenvalue weighted by atomic mass is 9.93. The van der Waals surface area contributed by atoms with E-state index in [9.17, 15) is 4.79 Å². The van der Waals surface area contributed by atoms with Crippen LogP contribution < -0.4 is 0 Å². The molecule has 0 unspecified atom stereocenters. The van der Waals surface area contributed by atoms with Gasteiger partial charge in [0.05, 0.1) is 6.42 Å². The van der Waals surface area contributed by atoms with Crippen LogP contribution in [0.5, 0.6) is 0 Å². The Balaban J connectivity index is 1.54. The minimum Gasteiger partial charge on any atom is -0.342 e. The third-order valence-corrected chi connectivity index (χ3v) is 4.48. The number of carbonyl (C=O) groups is 1. The Labute approximate surface area is 116 Å². The predicted molar refractivity (Wildman–Crippen MR) is 75.2 cm³/mol. The molecule has 3 heterocycles. The lowest BCUT2D eigenvalue weighted by Crippen LogP contribution is -2.38. The normalized spacial score (nSPS) is 16.7. The number of likely N-dealkylation sites (tertiary alicyclic amines) is 1. The van der Waals surface area contributed by atoms with Gasteiger partial charge in [0.2, 0.25) is 5.91 Å². The van der Waals surface area contributed by atoms with Gasteiger partial charge in [0, 0.05) is 30.9 Å². The van der Waals surface area contributed by atoms with Crippen LogP contribution in [0.25, 0.3) is 0 Å². The fourth-order valence-electron chi connectivity index (χ4n) is 2.61. The minimum absolute atomic E-state index is 0.251. The number of rotatable bonds is 3. The Hall–Kier alpha value is -1.62. The molecule has 1 amide bonds. The number of hydrogen-bond donors (Lipinski definition) is 1. The highest BCUT2D eigenvalue weighted by Gasteiger charge is 2.24. The average Bonchev–Trinajstić information content (AvgIpc) is 3.12. The summed E-state index contributed by atoms with van der Waals surface area (Å²) < 4.78 is 0. The zero-order valence-electron chi connectivity index (χ0n) is 10.7. The Bertz CT molecular complexity index is 513. The van der Waals surface area contributed by atoms with Crippen molar-refractivity contribution < 1.29 is 4.79 Å². The Morgan fingerprint density at radius 3 is 2.89 bits per heavy atom. The van der Waals surface area contributed by atoms with Crippen molar-refractivity contribution in [2.45, 2.75) is 25.2 Å². The van der Waals surface area contributed by atoms with E-state index in [1.54, 1.807) is 17.5 Å². The maximum absolute atomic E-state index is 12.2. The van der Waals surface area contributed by atoms with Gasteiger partial charge in [-0.1, -0.05) is 0 Å². The molecule has 3 rings (SSSR count). The molecule has 0 bridgehead atoms. The van der Waals surface area contributed by atoms with Crippen LogP contribution >= 0.6 is 11.3 Å². The summed E-state index contributed by atoms with van der Waals surface area (Å²) >= 11 is 1.65. The van der Waals surface area contributed by atoms with Crippen LogP contribution in [0.4, 0.5) is 0 Å². The first-order chi connectivity index (χ1) is 9.33. The monoisotopic (exact) mass is 275 g/mol. The first-order valence-electron chi connectivity index (χ1n) is 6.61. The molecule has 2 aromatic rings. The molecule has 0 radical (unpaired) electrons. The standard InChI is InChI=1S/C14H17N3OS/c18-14(9-11-4-8-19-10-11)17-6-2-12(3-7-17)13-1-5-15-16-13/h1,4-5,8,10,12H,2-3,6-7,9H2,(H,15,16). The molecule has 100 valence electrons. The number of H-pyrrole nitrogens is 1. The molecule has 19 heavy (non-hydrogen) atoms. The van der Waals surface area contributed by atoms with Crippen molar-refractivity contribution in [3.8, 4) is 0 Å². The van der Waals surface area contributed by atoms with Gasteiger partial charge in [-0.15, -0.1) is 0 Å². The SMILES string of the molecule is O=C(Cc1ccsc1)N1CCC(c2ccn[nH]2)CC1. The maximum atomic E-state index is 12.2. The fourth-order valence-corrected chi connectivity index (χ4v) is 3.28. The van der Waals surface area contributed by atoms with Gasteiger partial charge in [0.25, 0.3) is 0 Å². The van der Waals surface area contributed by atoms with Crippen molar-refractivity contribution in [2.24, 2.45) is 0 Å². The second-order valence-electron chi connectivity index (χ2n) is 4.98. The number of carbonyl (C=O) groups excluding carboxylic acids is 1. The van der Waals surface area contributed by atoms with Gasteiger partial charge >= 0.3 is 0 Å². The third-order valence-electron chi connectivity index (χ3n) is 3.75. The van der Waals surface area contributed by atoms with Gasteiger partial charge in [-0.2, -0.15) is 16.4 Å². The van der Waals surface area contributed by atoms with Crippen LogP contribution in [-0.4, -0.2) is 34.1 Å². The Kier molecular flexibility index (Phi) is 3.64. The fraction of sp³-hybridized carbons (Fsp3) is 0.429. The zero-order chi connectivity index (χ0) is 13.1. The molecule has 0 atom stereocenters. The van der Waals surface area contributed by atoms with Crippen molar-refractivity contribution in [3.63, 3.8) is 0 Å². The predicted octanol–water partition coefficient (Wildman–Crippen LogP) is 2.42. The van der Waals surface area contributed by atoms with Crippen molar-refractivity contribution in [3.05, 3.63) is 40.3 Å². The van der Waals surface area contributed by atoms with E-state index in [0.29, 0.717) is 12.3 Å². The lowest BCUT2D eigenvalue weighted by molar-refractivity contribution is -0.131. The molecule has 4 nitrogen and oxygen atoms in total. The Morgan fingerprint density at radius 2 is 2.26 bits per heavy atom. The topological polar surface area (TPSA) is 49.0 Å². The van der Waals surface area contributed by atoms with E-state index in [-0.39, 0.29) is 5.91 Å². The van der Waals surface area contributed by atoms with Crippen LogP contribution in [0.2, 0.25) is 0 Å². The summed E-state index contributed by atoms with van der Waals surface area (Å²) in [7, 11) is 0. The van der Waals surface area contributed by atoms with Gasteiger partial charge in [0.1, 0.15) is 0 Å². The average molecular weight is 275 g/mol. The van der Waals surface area contributed by atoms with Gasteiger partial charge in [-0.25, -0.2) is 0 Å². The summed E-state index contributed by atoms with van der Waals surface area (Å²) in [5, 5.41) is 11.1. The number of thiophene rings is 1. The van der Waals surface area contributed by atoms with E-state index in [1.165, 1.54) is 5.69 Å². The molecule has 1 fully saturated rings. The van der Waals surface area contributed by atoms with Gasteiger partial charge in [-0.3, -0.25) is 9.89 Å². The molecule has 1 aliphatic heterocycles. The highest BCUT2D eigenvalue weighted by atomic mass is 32.1. The first kappa shape index (κ1) is 12.4. The molecule has 2 aromatic heterocycles. The lowest BCUT2D eigenvalue weighted by Gasteiger charge is -2.31. The summed E-state index contributed by atoms with van der Waals surface area (Å²) in [6.45, 7) is 1.71. The summed E-state index contributed by atoms with van der Waals surface area (Å²) in [5.74, 6) is 0.772. The first-order valence-corrected chi connectivity index (χ1v) is 7.55. The van der Waals surface area contributed by atoms with Gasteiger partial charge in [0.15, 0.2) is 0 Å². The van der Waals surface area contributed by atoms with Crippen LogP contribution in [0.15, 0.2) is 29.1 Å². The summed E-state index contributed by atoms with van der Waals surface area (Å²) in [4.78, 5) is 14.2. The smallest absolute Gasteiger partial charge is 0.227 e. The number of aromatic amines is 1. The summed E-state index contributed by atoms with van der Waals surface area (Å²) in [6, 6.07) is 4.06. The number of aromatic nitrogens is 2. The molecule has 0 saturated carbocycles. The van der Waals surface area contributed by atoms with Crippen molar-refractivity contribution >= 4 is 17.2 Å². The second kappa shape index (κ2) is 5.57. The maximum Gasteiger partial charge on any atom is 0.227 e. The molecule has 0 aromatic carbocycles. The number of amides is 1. The largest absolute Gasteiger partial charge is 0.342 e.